The minimum absolute atomic E-state index is 0.0549. The molecular weight excluding hydrogens is 200 g/mol. The molecule has 78 valence electrons. The van der Waals surface area contributed by atoms with E-state index in [1.165, 1.54) is 11.3 Å². The Hall–Kier alpha value is -1.10. The van der Waals surface area contributed by atoms with Gasteiger partial charge in [0.25, 0.3) is 0 Å². The Labute approximate surface area is 87.0 Å². The number of rotatable bonds is 4. The van der Waals surface area contributed by atoms with Crippen molar-refractivity contribution in [1.82, 2.24) is 4.98 Å². The summed E-state index contributed by atoms with van der Waals surface area (Å²) < 4.78 is 0. The van der Waals surface area contributed by atoms with Crippen LogP contribution in [0, 0.1) is 5.92 Å². The predicted octanol–water partition coefficient (Wildman–Crippen LogP) is 2.01. The maximum Gasteiger partial charge on any atom is 0.312 e. The van der Waals surface area contributed by atoms with E-state index in [0.29, 0.717) is 5.69 Å². The van der Waals surface area contributed by atoms with Crippen molar-refractivity contribution in [2.45, 2.75) is 19.8 Å². The molecule has 0 saturated carbocycles. The van der Waals surface area contributed by atoms with Crippen LogP contribution in [0.5, 0.6) is 0 Å². The van der Waals surface area contributed by atoms with Gasteiger partial charge in [-0.1, -0.05) is 13.8 Å². The van der Waals surface area contributed by atoms with E-state index in [1.54, 1.807) is 12.4 Å². The van der Waals surface area contributed by atoms with Gasteiger partial charge < -0.3 is 10.4 Å². The van der Waals surface area contributed by atoms with Crippen LogP contribution in [0.1, 0.15) is 25.5 Å². The number of hydrogen-bond acceptors (Lipinski definition) is 4. The number of carboxylic acids is 1. The maximum atomic E-state index is 11.0. The Morgan fingerprint density at radius 2 is 2.29 bits per heavy atom. The van der Waals surface area contributed by atoms with Crippen molar-refractivity contribution in [1.29, 1.82) is 0 Å². The molecule has 0 bridgehead atoms. The third-order valence-electron chi connectivity index (χ3n) is 1.99. The number of nitrogens with one attached hydrogen (secondary N) is 1. The summed E-state index contributed by atoms with van der Waals surface area (Å²) >= 11 is 1.43. The van der Waals surface area contributed by atoms with Crippen molar-refractivity contribution in [3.05, 3.63) is 11.1 Å². The molecule has 0 radical (unpaired) electrons. The van der Waals surface area contributed by atoms with Crippen LogP contribution in [0.2, 0.25) is 0 Å². The molecule has 0 amide bonds. The zero-order valence-corrected chi connectivity index (χ0v) is 9.26. The average Bonchev–Trinajstić information content (AvgIpc) is 2.51. The van der Waals surface area contributed by atoms with Gasteiger partial charge in [0.15, 0.2) is 5.13 Å². The van der Waals surface area contributed by atoms with Gasteiger partial charge in [0, 0.05) is 12.4 Å². The second kappa shape index (κ2) is 4.41. The van der Waals surface area contributed by atoms with E-state index in [9.17, 15) is 4.79 Å². The number of aliphatic carboxylic acids is 1. The lowest BCUT2D eigenvalue weighted by Gasteiger charge is -2.12. The van der Waals surface area contributed by atoms with Crippen LogP contribution in [0.3, 0.4) is 0 Å². The van der Waals surface area contributed by atoms with E-state index in [1.807, 2.05) is 13.8 Å². The zero-order valence-electron chi connectivity index (χ0n) is 8.44. The summed E-state index contributed by atoms with van der Waals surface area (Å²) in [5, 5.41) is 14.5. The van der Waals surface area contributed by atoms with Crippen LogP contribution in [0.25, 0.3) is 0 Å². The average molecular weight is 214 g/mol. The summed E-state index contributed by atoms with van der Waals surface area (Å²) in [6.45, 7) is 3.77. The van der Waals surface area contributed by atoms with Crippen LogP contribution < -0.4 is 5.32 Å². The van der Waals surface area contributed by atoms with Crippen molar-refractivity contribution in [3.8, 4) is 0 Å². The van der Waals surface area contributed by atoms with Gasteiger partial charge in [-0.05, 0) is 5.92 Å². The number of thiazole rings is 1. The lowest BCUT2D eigenvalue weighted by atomic mass is 9.93. The second-order valence-corrected chi connectivity index (χ2v) is 4.25. The molecule has 2 N–H and O–H groups in total. The lowest BCUT2D eigenvalue weighted by molar-refractivity contribution is -0.139. The molecule has 0 spiro atoms. The summed E-state index contributed by atoms with van der Waals surface area (Å²) in [7, 11) is 1.77. The highest BCUT2D eigenvalue weighted by molar-refractivity contribution is 7.13. The number of aromatic nitrogens is 1. The van der Waals surface area contributed by atoms with Crippen LogP contribution >= 0.6 is 11.3 Å². The quantitative estimate of drug-likeness (QED) is 0.804. The van der Waals surface area contributed by atoms with Crippen molar-refractivity contribution in [2.75, 3.05) is 12.4 Å². The van der Waals surface area contributed by atoms with Crippen LogP contribution in [-0.4, -0.2) is 23.1 Å². The monoisotopic (exact) mass is 214 g/mol. The molecule has 0 aliphatic heterocycles. The summed E-state index contributed by atoms with van der Waals surface area (Å²) in [6.07, 6.45) is 0. The molecule has 1 atom stereocenters. The Kier molecular flexibility index (Phi) is 3.46. The van der Waals surface area contributed by atoms with Gasteiger partial charge in [-0.25, -0.2) is 4.98 Å². The molecule has 1 rings (SSSR count). The van der Waals surface area contributed by atoms with Gasteiger partial charge in [0.1, 0.15) is 5.92 Å². The van der Waals surface area contributed by atoms with E-state index < -0.39 is 11.9 Å². The minimum atomic E-state index is -0.812. The third kappa shape index (κ3) is 2.23. The predicted molar refractivity (Wildman–Crippen MR) is 56.9 cm³/mol. The SMILES string of the molecule is CNc1nc(C(C(=O)O)C(C)C)cs1. The molecule has 0 aliphatic carbocycles. The molecule has 0 aromatic carbocycles. The first-order valence-electron chi connectivity index (χ1n) is 4.42. The van der Waals surface area contributed by atoms with E-state index in [4.69, 9.17) is 5.11 Å². The lowest BCUT2D eigenvalue weighted by Crippen LogP contribution is -2.17. The first-order chi connectivity index (χ1) is 6.56. The van der Waals surface area contributed by atoms with E-state index in [-0.39, 0.29) is 5.92 Å². The van der Waals surface area contributed by atoms with Gasteiger partial charge in [-0.2, -0.15) is 0 Å². The molecule has 0 aliphatic rings. The standard InChI is InChI=1S/C9H14N2O2S/c1-5(2)7(8(12)13)6-4-14-9(10-3)11-6/h4-5,7H,1-3H3,(H,10,11)(H,12,13). The first-order valence-corrected chi connectivity index (χ1v) is 5.30. The van der Waals surface area contributed by atoms with Crippen molar-refractivity contribution in [2.24, 2.45) is 5.92 Å². The Bertz CT molecular complexity index is 322. The van der Waals surface area contributed by atoms with Crippen LogP contribution in [0.15, 0.2) is 5.38 Å². The third-order valence-corrected chi connectivity index (χ3v) is 2.87. The molecule has 1 aromatic rings. The normalized spacial score (nSPS) is 12.9. The molecule has 0 saturated heterocycles. The summed E-state index contributed by atoms with van der Waals surface area (Å²) in [6, 6.07) is 0. The molecule has 4 nitrogen and oxygen atoms in total. The summed E-state index contributed by atoms with van der Waals surface area (Å²) in [5.74, 6) is -1.26. The summed E-state index contributed by atoms with van der Waals surface area (Å²) in [4.78, 5) is 15.2. The summed E-state index contributed by atoms with van der Waals surface area (Å²) in [5.41, 5.74) is 0.641. The smallest absolute Gasteiger partial charge is 0.312 e. The Balaban J connectivity index is 2.93. The van der Waals surface area contributed by atoms with Crippen molar-refractivity contribution < 1.29 is 9.90 Å². The minimum Gasteiger partial charge on any atom is -0.481 e. The zero-order chi connectivity index (χ0) is 10.7. The largest absolute Gasteiger partial charge is 0.481 e. The van der Waals surface area contributed by atoms with Crippen LogP contribution in [0.4, 0.5) is 5.13 Å². The number of hydrogen-bond donors (Lipinski definition) is 2. The molecule has 1 unspecified atom stereocenters. The van der Waals surface area contributed by atoms with E-state index in [0.717, 1.165) is 5.13 Å². The van der Waals surface area contributed by atoms with Crippen molar-refractivity contribution >= 4 is 22.4 Å². The maximum absolute atomic E-state index is 11.0. The second-order valence-electron chi connectivity index (χ2n) is 3.39. The molecule has 14 heavy (non-hydrogen) atoms. The highest BCUT2D eigenvalue weighted by atomic mass is 32.1. The van der Waals surface area contributed by atoms with E-state index >= 15 is 0 Å². The fourth-order valence-electron chi connectivity index (χ4n) is 1.30. The molecule has 5 heteroatoms. The van der Waals surface area contributed by atoms with Gasteiger partial charge in [-0.15, -0.1) is 11.3 Å². The Morgan fingerprint density at radius 1 is 1.64 bits per heavy atom. The topological polar surface area (TPSA) is 62.2 Å². The Morgan fingerprint density at radius 3 is 2.64 bits per heavy atom. The molecular formula is C9H14N2O2S. The van der Waals surface area contributed by atoms with Gasteiger partial charge in [-0.3, -0.25) is 4.79 Å². The first kappa shape index (κ1) is 11.0. The van der Waals surface area contributed by atoms with Gasteiger partial charge in [0.05, 0.1) is 5.69 Å². The molecule has 1 heterocycles. The highest BCUT2D eigenvalue weighted by Gasteiger charge is 2.25. The number of carbonyl (C=O) groups is 1. The fourth-order valence-corrected chi connectivity index (χ4v) is 2.00. The highest BCUT2D eigenvalue weighted by Crippen LogP contribution is 2.27. The van der Waals surface area contributed by atoms with Crippen molar-refractivity contribution in [3.63, 3.8) is 0 Å². The van der Waals surface area contributed by atoms with E-state index in [2.05, 4.69) is 10.3 Å². The molecule has 0 fully saturated rings. The van der Waals surface area contributed by atoms with Gasteiger partial charge in [0.2, 0.25) is 0 Å². The number of nitrogens with zero attached hydrogens (tertiary/aromatic N) is 1. The fraction of sp³-hybridized carbons (Fsp3) is 0.556. The molecule has 1 aromatic heterocycles. The van der Waals surface area contributed by atoms with Gasteiger partial charge >= 0.3 is 5.97 Å². The number of anilines is 1. The van der Waals surface area contributed by atoms with Crippen LogP contribution in [-0.2, 0) is 4.79 Å². The number of carboxylic acid groups (broad SMARTS) is 1.